The predicted octanol–water partition coefficient (Wildman–Crippen LogP) is 2.36. The lowest BCUT2D eigenvalue weighted by atomic mass is 10.1. The third kappa shape index (κ3) is 2.05. The van der Waals surface area contributed by atoms with Crippen LogP contribution in [-0.2, 0) is 6.42 Å². The average molecular weight is 286 g/mol. The van der Waals surface area contributed by atoms with Crippen molar-refractivity contribution in [3.63, 3.8) is 0 Å². The quantitative estimate of drug-likeness (QED) is 0.610. The molecule has 1 aromatic carbocycles. The Morgan fingerprint density at radius 1 is 1.14 bits per heavy atom. The third-order valence-corrected chi connectivity index (χ3v) is 3.49. The second kappa shape index (κ2) is 4.90. The van der Waals surface area contributed by atoms with Crippen LogP contribution >= 0.6 is 0 Å². The molecule has 0 unspecified atom stereocenters. The molecule has 0 saturated heterocycles. The fraction of sp³-hybridized carbons (Fsp3) is 0.0625. The summed E-state index contributed by atoms with van der Waals surface area (Å²) >= 11 is 0. The number of aromatic amines is 1. The zero-order valence-electron chi connectivity index (χ0n) is 11.5. The summed E-state index contributed by atoms with van der Waals surface area (Å²) in [5.41, 5.74) is 4.01. The lowest BCUT2D eigenvalue weighted by molar-refractivity contribution is 0.964. The number of hydrogen-bond donors (Lipinski definition) is 1. The van der Waals surface area contributed by atoms with Gasteiger partial charge < -0.3 is 4.98 Å². The average Bonchev–Trinajstić information content (AvgIpc) is 2.98. The Balaban J connectivity index is 1.86. The minimum atomic E-state index is 0.594. The van der Waals surface area contributed by atoms with Crippen LogP contribution in [0.25, 0.3) is 21.9 Å². The van der Waals surface area contributed by atoms with E-state index in [1.807, 2.05) is 18.2 Å². The van der Waals surface area contributed by atoms with E-state index in [0.717, 1.165) is 33.5 Å². The number of benzene rings is 1. The highest BCUT2D eigenvalue weighted by molar-refractivity contribution is 6.02. The summed E-state index contributed by atoms with van der Waals surface area (Å²) in [5, 5.41) is 9.96. The molecule has 0 saturated carbocycles. The Morgan fingerprint density at radius 2 is 2.09 bits per heavy atom. The number of nitrogens with zero attached hydrogens (tertiary/aromatic N) is 5. The van der Waals surface area contributed by atoms with Crippen LogP contribution in [-0.4, -0.2) is 24.9 Å². The van der Waals surface area contributed by atoms with Crippen LogP contribution in [0, 0.1) is 11.3 Å². The van der Waals surface area contributed by atoms with E-state index in [2.05, 4.69) is 31.0 Å². The molecule has 4 aromatic rings. The monoisotopic (exact) mass is 286 g/mol. The molecule has 6 heteroatoms. The van der Waals surface area contributed by atoms with Crippen LogP contribution < -0.4 is 0 Å². The number of nitrogens with one attached hydrogen (secondary N) is 1. The number of H-pyrrole nitrogens is 1. The van der Waals surface area contributed by atoms with Crippen molar-refractivity contribution in [2.24, 2.45) is 0 Å². The Kier molecular flexibility index (Phi) is 2.76. The van der Waals surface area contributed by atoms with Crippen molar-refractivity contribution in [2.75, 3.05) is 0 Å². The van der Waals surface area contributed by atoms with Gasteiger partial charge in [-0.25, -0.2) is 15.0 Å². The molecule has 0 aliphatic heterocycles. The zero-order chi connectivity index (χ0) is 14.9. The summed E-state index contributed by atoms with van der Waals surface area (Å²) in [6, 6.07) is 9.45. The molecular weight excluding hydrogens is 276 g/mol. The molecule has 0 radical (unpaired) electrons. The van der Waals surface area contributed by atoms with Crippen molar-refractivity contribution < 1.29 is 0 Å². The fourth-order valence-electron chi connectivity index (χ4n) is 2.46. The summed E-state index contributed by atoms with van der Waals surface area (Å²) in [6.45, 7) is 0. The van der Waals surface area contributed by atoms with Crippen LogP contribution in [0.2, 0.25) is 0 Å². The van der Waals surface area contributed by atoms with Gasteiger partial charge >= 0.3 is 0 Å². The number of aromatic nitrogens is 5. The second-order valence-electron chi connectivity index (χ2n) is 4.92. The van der Waals surface area contributed by atoms with Crippen molar-refractivity contribution in [3.8, 4) is 6.07 Å². The Labute approximate surface area is 125 Å². The first kappa shape index (κ1) is 12.4. The molecule has 6 nitrogen and oxygen atoms in total. The minimum absolute atomic E-state index is 0.594. The third-order valence-electron chi connectivity index (χ3n) is 3.49. The van der Waals surface area contributed by atoms with E-state index in [1.165, 1.54) is 6.33 Å². The summed E-state index contributed by atoms with van der Waals surface area (Å²) in [5.74, 6) is 0.811. The minimum Gasteiger partial charge on any atom is -0.341 e. The van der Waals surface area contributed by atoms with Crippen molar-refractivity contribution in [2.45, 2.75) is 6.42 Å². The van der Waals surface area contributed by atoms with Crippen LogP contribution in [0.4, 0.5) is 0 Å². The van der Waals surface area contributed by atoms with E-state index in [4.69, 9.17) is 5.26 Å². The van der Waals surface area contributed by atoms with Crippen molar-refractivity contribution >= 4 is 21.9 Å². The first-order chi connectivity index (χ1) is 10.8. The largest absolute Gasteiger partial charge is 0.341 e. The van der Waals surface area contributed by atoms with Crippen molar-refractivity contribution in [3.05, 3.63) is 60.1 Å². The molecule has 0 fully saturated rings. The maximum absolute atomic E-state index is 9.06. The van der Waals surface area contributed by atoms with Crippen LogP contribution in [0.15, 0.2) is 43.0 Å². The summed E-state index contributed by atoms with van der Waals surface area (Å²) < 4.78 is 0. The Morgan fingerprint density at radius 3 is 2.91 bits per heavy atom. The molecule has 4 rings (SSSR count). The highest BCUT2D eigenvalue weighted by Crippen LogP contribution is 2.23. The predicted molar refractivity (Wildman–Crippen MR) is 80.9 cm³/mol. The van der Waals surface area contributed by atoms with E-state index in [9.17, 15) is 0 Å². The Bertz CT molecular complexity index is 1010. The fourth-order valence-corrected chi connectivity index (χ4v) is 2.46. The van der Waals surface area contributed by atoms with Gasteiger partial charge in [0.25, 0.3) is 0 Å². The zero-order valence-corrected chi connectivity index (χ0v) is 11.5. The number of pyridine rings is 1. The number of nitriles is 1. The molecule has 0 spiro atoms. The van der Waals surface area contributed by atoms with Gasteiger partial charge in [-0.3, -0.25) is 4.98 Å². The van der Waals surface area contributed by atoms with Gasteiger partial charge in [0.15, 0.2) is 0 Å². The molecule has 1 N–H and O–H groups in total. The van der Waals surface area contributed by atoms with E-state index >= 15 is 0 Å². The van der Waals surface area contributed by atoms with Crippen LogP contribution in [0.3, 0.4) is 0 Å². The van der Waals surface area contributed by atoms with Gasteiger partial charge in [-0.2, -0.15) is 5.26 Å². The number of fused-ring (bicyclic) bond motifs is 3. The first-order valence-corrected chi connectivity index (χ1v) is 6.76. The second-order valence-corrected chi connectivity index (χ2v) is 4.92. The van der Waals surface area contributed by atoms with Crippen LogP contribution in [0.5, 0.6) is 0 Å². The van der Waals surface area contributed by atoms with E-state index < -0.39 is 0 Å². The molecule has 0 aliphatic carbocycles. The van der Waals surface area contributed by atoms with Gasteiger partial charge in [-0.1, -0.05) is 0 Å². The van der Waals surface area contributed by atoms with E-state index in [-0.39, 0.29) is 0 Å². The normalized spacial score (nSPS) is 10.9. The van der Waals surface area contributed by atoms with Gasteiger partial charge in [0, 0.05) is 18.0 Å². The maximum Gasteiger partial charge on any atom is 0.115 e. The number of hydrogen-bond acceptors (Lipinski definition) is 5. The van der Waals surface area contributed by atoms with Gasteiger partial charge in [-0.05, 0) is 24.3 Å². The maximum atomic E-state index is 9.06. The molecule has 22 heavy (non-hydrogen) atoms. The van der Waals surface area contributed by atoms with Crippen molar-refractivity contribution in [1.29, 1.82) is 5.26 Å². The van der Waals surface area contributed by atoms with Gasteiger partial charge in [0.2, 0.25) is 0 Å². The molecule has 0 bridgehead atoms. The van der Waals surface area contributed by atoms with Crippen LogP contribution in [0.1, 0.15) is 17.1 Å². The topological polar surface area (TPSA) is 91.1 Å². The van der Waals surface area contributed by atoms with Gasteiger partial charge in [-0.15, -0.1) is 0 Å². The molecule has 104 valence electrons. The standard InChI is InChI=1S/C16H10N6/c17-7-10-1-2-13-12(5-10)16-14(8-19-13)21-15(22-16)6-11-3-4-18-9-20-11/h1-5,8-9H,6H2,(H,21,22). The molecular formula is C16H10N6. The summed E-state index contributed by atoms with van der Waals surface area (Å²) in [7, 11) is 0. The highest BCUT2D eigenvalue weighted by Gasteiger charge is 2.09. The molecule has 3 aromatic heterocycles. The first-order valence-electron chi connectivity index (χ1n) is 6.76. The summed E-state index contributed by atoms with van der Waals surface area (Å²) in [4.78, 5) is 20.4. The number of rotatable bonds is 2. The molecule has 0 aliphatic rings. The number of imidazole rings is 1. The molecule has 0 amide bonds. The SMILES string of the molecule is N#Cc1ccc2ncc3nc(Cc4ccncn4)[nH]c3c2c1. The van der Waals surface area contributed by atoms with Gasteiger partial charge in [0.1, 0.15) is 17.7 Å². The lowest BCUT2D eigenvalue weighted by Gasteiger charge is -1.98. The highest BCUT2D eigenvalue weighted by atomic mass is 14.9. The molecule has 3 heterocycles. The Hall–Kier alpha value is -3.33. The summed E-state index contributed by atoms with van der Waals surface area (Å²) in [6.07, 6.45) is 5.57. The lowest BCUT2D eigenvalue weighted by Crippen LogP contribution is -1.93. The van der Waals surface area contributed by atoms with E-state index in [1.54, 1.807) is 18.5 Å². The van der Waals surface area contributed by atoms with Crippen molar-refractivity contribution in [1.82, 2.24) is 24.9 Å². The van der Waals surface area contributed by atoms with Gasteiger partial charge in [0.05, 0.1) is 34.6 Å². The molecule has 0 atom stereocenters. The van der Waals surface area contributed by atoms with E-state index in [0.29, 0.717) is 12.0 Å². The smallest absolute Gasteiger partial charge is 0.115 e.